The average Bonchev–Trinajstić information content (AvgIpc) is 2.96. The molecule has 4 heterocycles. The summed E-state index contributed by atoms with van der Waals surface area (Å²) in [7, 11) is 2.17. The molecular formula is C29H35N7O2. The van der Waals surface area contributed by atoms with E-state index < -0.39 is 0 Å². The molecule has 3 aliphatic rings. The highest BCUT2D eigenvalue weighted by Gasteiger charge is 2.20. The molecule has 0 bridgehead atoms. The van der Waals surface area contributed by atoms with Crippen LogP contribution in [-0.4, -0.2) is 83.9 Å². The lowest BCUT2D eigenvalue weighted by atomic mass is 10.0. The molecule has 2 saturated heterocycles. The van der Waals surface area contributed by atoms with E-state index in [-0.39, 0.29) is 5.56 Å². The number of rotatable bonds is 6. The van der Waals surface area contributed by atoms with Crippen molar-refractivity contribution in [2.45, 2.75) is 19.4 Å². The summed E-state index contributed by atoms with van der Waals surface area (Å²) in [6, 6.07) is 11.8. The van der Waals surface area contributed by atoms with E-state index >= 15 is 0 Å². The number of aromatic nitrogens is 3. The SMILES string of the molecule is CN1CCN(c2ccc(Nc3ncc4ccc(=O)n(CC5=CCCC=C5N5CCOCC5)c4n3)cc2)CC1. The summed E-state index contributed by atoms with van der Waals surface area (Å²) in [5.41, 5.74) is 5.10. The van der Waals surface area contributed by atoms with Crippen molar-refractivity contribution in [1.29, 1.82) is 0 Å². The number of fused-ring (bicyclic) bond motifs is 1. The Morgan fingerprint density at radius 3 is 2.45 bits per heavy atom. The Morgan fingerprint density at radius 1 is 0.895 bits per heavy atom. The number of morpholine rings is 1. The quantitative estimate of drug-likeness (QED) is 0.539. The lowest BCUT2D eigenvalue weighted by Crippen LogP contribution is -2.44. The fourth-order valence-corrected chi connectivity index (χ4v) is 5.40. The van der Waals surface area contributed by atoms with Gasteiger partial charge in [0.1, 0.15) is 5.65 Å². The third-order valence-corrected chi connectivity index (χ3v) is 7.62. The van der Waals surface area contributed by atoms with Crippen LogP contribution in [0.1, 0.15) is 12.8 Å². The van der Waals surface area contributed by atoms with Crippen LogP contribution in [0.25, 0.3) is 11.0 Å². The van der Waals surface area contributed by atoms with Gasteiger partial charge < -0.3 is 24.8 Å². The molecule has 2 aromatic heterocycles. The van der Waals surface area contributed by atoms with Gasteiger partial charge in [-0.05, 0) is 55.8 Å². The first-order valence-electron chi connectivity index (χ1n) is 13.5. The maximum Gasteiger partial charge on any atom is 0.252 e. The van der Waals surface area contributed by atoms with E-state index in [1.54, 1.807) is 22.9 Å². The monoisotopic (exact) mass is 513 g/mol. The lowest BCUT2D eigenvalue weighted by Gasteiger charge is -2.34. The first-order chi connectivity index (χ1) is 18.6. The number of likely N-dealkylation sites (N-methyl/N-ethyl adjacent to an activating group) is 1. The van der Waals surface area contributed by atoms with Crippen molar-refractivity contribution in [3.63, 3.8) is 0 Å². The molecule has 198 valence electrons. The molecule has 1 N–H and O–H groups in total. The Hall–Kier alpha value is -3.69. The van der Waals surface area contributed by atoms with Crippen molar-refractivity contribution in [2.75, 3.05) is 69.7 Å². The van der Waals surface area contributed by atoms with Gasteiger partial charge in [0.2, 0.25) is 5.95 Å². The van der Waals surface area contributed by atoms with Gasteiger partial charge >= 0.3 is 0 Å². The summed E-state index contributed by atoms with van der Waals surface area (Å²) < 4.78 is 7.32. The summed E-state index contributed by atoms with van der Waals surface area (Å²) in [5.74, 6) is 0.478. The van der Waals surface area contributed by atoms with Crippen LogP contribution in [-0.2, 0) is 11.3 Å². The van der Waals surface area contributed by atoms with Crippen molar-refractivity contribution in [2.24, 2.45) is 0 Å². The second kappa shape index (κ2) is 11.0. The van der Waals surface area contributed by atoms with E-state index in [0.717, 1.165) is 76.4 Å². The van der Waals surface area contributed by atoms with Gasteiger partial charge in [-0.3, -0.25) is 9.36 Å². The zero-order valence-electron chi connectivity index (χ0n) is 22.0. The number of benzene rings is 1. The standard InChI is InChI=1S/C29H35N7O2/c1-33-12-14-34(15-13-33)25-9-7-24(8-10-25)31-29-30-20-22-6-11-27(37)36(28(22)32-29)21-23-4-2-3-5-26(23)35-16-18-38-19-17-35/h4-11,20H,2-3,12-19,21H2,1H3,(H,30,31,32). The van der Waals surface area contributed by atoms with Gasteiger partial charge in [0.05, 0.1) is 19.8 Å². The Morgan fingerprint density at radius 2 is 1.66 bits per heavy atom. The molecule has 0 saturated carbocycles. The summed E-state index contributed by atoms with van der Waals surface area (Å²) in [6.45, 7) is 7.92. The maximum absolute atomic E-state index is 13.1. The highest BCUT2D eigenvalue weighted by atomic mass is 16.5. The van der Waals surface area contributed by atoms with E-state index in [4.69, 9.17) is 9.72 Å². The number of hydrogen-bond donors (Lipinski definition) is 1. The zero-order chi connectivity index (χ0) is 25.9. The van der Waals surface area contributed by atoms with Gasteiger partial charge in [0.25, 0.3) is 5.56 Å². The van der Waals surface area contributed by atoms with E-state index in [1.165, 1.54) is 17.0 Å². The smallest absolute Gasteiger partial charge is 0.252 e. The van der Waals surface area contributed by atoms with Gasteiger partial charge in [-0.2, -0.15) is 4.98 Å². The van der Waals surface area contributed by atoms with E-state index in [9.17, 15) is 4.79 Å². The summed E-state index contributed by atoms with van der Waals surface area (Å²) in [6.07, 6.45) is 8.34. The number of anilines is 3. The highest BCUT2D eigenvalue weighted by molar-refractivity contribution is 5.76. The minimum Gasteiger partial charge on any atom is -0.378 e. The third kappa shape index (κ3) is 5.30. The first-order valence-corrected chi connectivity index (χ1v) is 13.5. The number of nitrogens with zero attached hydrogens (tertiary/aromatic N) is 6. The summed E-state index contributed by atoms with van der Waals surface area (Å²) in [5, 5.41) is 4.17. The molecule has 0 atom stereocenters. The Balaban J connectivity index is 1.23. The number of piperazine rings is 1. The van der Waals surface area contributed by atoms with Crippen LogP contribution in [0.3, 0.4) is 0 Å². The first kappa shape index (κ1) is 24.6. The minimum absolute atomic E-state index is 0.0634. The number of allylic oxidation sites excluding steroid dienone is 3. The molecule has 2 aliphatic heterocycles. The molecule has 3 aromatic rings. The Kier molecular flexibility index (Phi) is 7.11. The average molecular weight is 514 g/mol. The normalized spacial score (nSPS) is 18.9. The molecule has 0 unspecified atom stereocenters. The van der Waals surface area contributed by atoms with Gasteiger partial charge in [-0.15, -0.1) is 0 Å². The van der Waals surface area contributed by atoms with Gasteiger partial charge in [-0.1, -0.05) is 12.2 Å². The molecule has 38 heavy (non-hydrogen) atoms. The predicted molar refractivity (Wildman–Crippen MR) is 151 cm³/mol. The Labute approximate surface area is 223 Å². The maximum atomic E-state index is 13.1. The van der Waals surface area contributed by atoms with Crippen molar-refractivity contribution in [3.05, 3.63) is 76.4 Å². The molecule has 9 heteroatoms. The minimum atomic E-state index is -0.0634. The van der Waals surface area contributed by atoms with Gasteiger partial charge in [0, 0.05) is 74.0 Å². The van der Waals surface area contributed by atoms with Crippen molar-refractivity contribution in [3.8, 4) is 0 Å². The van der Waals surface area contributed by atoms with Crippen LogP contribution in [0, 0.1) is 0 Å². The Bertz CT molecular complexity index is 1400. The second-order valence-electron chi connectivity index (χ2n) is 10.2. The van der Waals surface area contributed by atoms with Crippen LogP contribution < -0.4 is 15.8 Å². The predicted octanol–water partition coefficient (Wildman–Crippen LogP) is 3.22. The van der Waals surface area contributed by atoms with Crippen LogP contribution in [0.5, 0.6) is 0 Å². The summed E-state index contributed by atoms with van der Waals surface area (Å²) in [4.78, 5) is 29.5. The second-order valence-corrected chi connectivity index (χ2v) is 10.2. The van der Waals surface area contributed by atoms with Crippen LogP contribution in [0.2, 0.25) is 0 Å². The molecule has 2 fully saturated rings. The molecular weight excluding hydrogens is 478 g/mol. The number of hydrogen-bond acceptors (Lipinski definition) is 8. The molecule has 0 radical (unpaired) electrons. The van der Waals surface area contributed by atoms with Crippen molar-refractivity contribution < 1.29 is 4.74 Å². The van der Waals surface area contributed by atoms with Crippen LogP contribution >= 0.6 is 0 Å². The van der Waals surface area contributed by atoms with Gasteiger partial charge in [-0.25, -0.2) is 4.98 Å². The van der Waals surface area contributed by atoms with E-state index in [1.807, 2.05) is 0 Å². The van der Waals surface area contributed by atoms with Crippen LogP contribution in [0.15, 0.2) is 70.8 Å². The summed E-state index contributed by atoms with van der Waals surface area (Å²) >= 11 is 0. The third-order valence-electron chi connectivity index (χ3n) is 7.62. The lowest BCUT2D eigenvalue weighted by molar-refractivity contribution is 0.0542. The molecule has 1 aromatic carbocycles. The van der Waals surface area contributed by atoms with Crippen molar-refractivity contribution in [1.82, 2.24) is 24.3 Å². The van der Waals surface area contributed by atoms with Crippen molar-refractivity contribution >= 4 is 28.4 Å². The fourth-order valence-electron chi connectivity index (χ4n) is 5.40. The fraction of sp³-hybridized carbons (Fsp3) is 0.414. The molecule has 6 rings (SSSR count). The highest BCUT2D eigenvalue weighted by Crippen LogP contribution is 2.26. The molecule has 1 aliphatic carbocycles. The topological polar surface area (TPSA) is 78.8 Å². The largest absolute Gasteiger partial charge is 0.378 e. The number of nitrogens with one attached hydrogen (secondary N) is 1. The van der Waals surface area contributed by atoms with Gasteiger partial charge in [0.15, 0.2) is 0 Å². The van der Waals surface area contributed by atoms with E-state index in [0.29, 0.717) is 18.1 Å². The molecule has 0 spiro atoms. The zero-order valence-corrected chi connectivity index (χ0v) is 22.0. The molecule has 9 nitrogen and oxygen atoms in total. The number of pyridine rings is 1. The molecule has 0 amide bonds. The van der Waals surface area contributed by atoms with Crippen LogP contribution in [0.4, 0.5) is 17.3 Å². The van der Waals surface area contributed by atoms with E-state index in [2.05, 4.69) is 68.5 Å². The number of ether oxygens (including phenoxy) is 1.